The van der Waals surface area contributed by atoms with Crippen LogP contribution in [0.25, 0.3) is 0 Å². The summed E-state index contributed by atoms with van der Waals surface area (Å²) in [5.41, 5.74) is 2.60. The first-order chi connectivity index (χ1) is 12.6. The van der Waals surface area contributed by atoms with Crippen molar-refractivity contribution in [1.82, 2.24) is 10.2 Å². The molecule has 0 fully saturated rings. The number of amides is 1. The van der Waals surface area contributed by atoms with E-state index in [0.717, 1.165) is 21.8 Å². The molecule has 1 N–H and O–H groups in total. The van der Waals surface area contributed by atoms with Crippen molar-refractivity contribution < 1.29 is 4.79 Å². The fourth-order valence-corrected chi connectivity index (χ4v) is 4.40. The number of hydrogen-bond donors (Lipinski definition) is 1. The Hall–Kier alpha value is -2.18. The highest BCUT2D eigenvalue weighted by atomic mass is 32.1. The van der Waals surface area contributed by atoms with E-state index >= 15 is 0 Å². The molecule has 1 amide bonds. The fourth-order valence-electron chi connectivity index (χ4n) is 3.26. The second-order valence-electron chi connectivity index (χ2n) is 6.05. The van der Waals surface area contributed by atoms with Crippen molar-refractivity contribution >= 4 is 40.3 Å². The quantitative estimate of drug-likeness (QED) is 0.777. The lowest BCUT2D eigenvalue weighted by Crippen LogP contribution is -2.49. The molecule has 0 radical (unpaired) electrons. The minimum absolute atomic E-state index is 0.0573. The first-order valence-electron chi connectivity index (χ1n) is 8.77. The van der Waals surface area contributed by atoms with E-state index in [1.54, 1.807) is 11.3 Å². The maximum atomic E-state index is 13.3. The van der Waals surface area contributed by atoms with Crippen LogP contribution in [0.5, 0.6) is 0 Å². The smallest absolute Gasteiger partial charge is 0.254 e. The number of para-hydroxylation sites is 1. The minimum atomic E-state index is -0.212. The van der Waals surface area contributed by atoms with Crippen molar-refractivity contribution in [2.75, 3.05) is 18.0 Å². The van der Waals surface area contributed by atoms with E-state index in [1.165, 1.54) is 0 Å². The van der Waals surface area contributed by atoms with Gasteiger partial charge >= 0.3 is 0 Å². The third-order valence-corrected chi connectivity index (χ3v) is 5.85. The summed E-state index contributed by atoms with van der Waals surface area (Å²) in [6.07, 6.45) is 0. The number of carbonyl (C=O) groups excluding carboxylic acids is 1. The second kappa shape index (κ2) is 8.01. The van der Waals surface area contributed by atoms with Gasteiger partial charge in [-0.3, -0.25) is 9.69 Å². The van der Waals surface area contributed by atoms with Gasteiger partial charge in [-0.05, 0) is 56.6 Å². The lowest BCUT2D eigenvalue weighted by atomic mass is 9.98. The number of nitrogens with one attached hydrogen (secondary N) is 1. The van der Waals surface area contributed by atoms with Crippen LogP contribution in [0.1, 0.15) is 31.7 Å². The molecular formula is C20H23N3OS2. The molecule has 0 unspecified atom stereocenters. The highest BCUT2D eigenvalue weighted by Crippen LogP contribution is 2.36. The molecule has 3 rings (SSSR count). The summed E-state index contributed by atoms with van der Waals surface area (Å²) in [5, 5.41) is 6.03. The van der Waals surface area contributed by atoms with Crippen LogP contribution in [0.2, 0.25) is 0 Å². The number of anilines is 1. The Bertz CT molecular complexity index is 811. The van der Waals surface area contributed by atoms with Gasteiger partial charge in [0.15, 0.2) is 5.11 Å². The summed E-state index contributed by atoms with van der Waals surface area (Å²) in [6, 6.07) is 13.8. The zero-order valence-electron chi connectivity index (χ0n) is 15.2. The van der Waals surface area contributed by atoms with Crippen molar-refractivity contribution in [3.8, 4) is 0 Å². The molecule has 6 heteroatoms. The highest BCUT2D eigenvalue weighted by Gasteiger charge is 2.36. The van der Waals surface area contributed by atoms with Gasteiger partial charge in [-0.1, -0.05) is 24.3 Å². The average Bonchev–Trinajstić information content (AvgIpc) is 3.17. The molecule has 0 aliphatic carbocycles. The van der Waals surface area contributed by atoms with Gasteiger partial charge in [0.05, 0.1) is 11.6 Å². The first kappa shape index (κ1) is 18.6. The van der Waals surface area contributed by atoms with Gasteiger partial charge in [-0.2, -0.15) is 0 Å². The highest BCUT2D eigenvalue weighted by molar-refractivity contribution is 7.80. The van der Waals surface area contributed by atoms with Gasteiger partial charge in [0.2, 0.25) is 0 Å². The Morgan fingerprint density at radius 3 is 2.46 bits per heavy atom. The standard InChI is InChI=1S/C20H23N3OS2/c1-4-22(5-2)19(24)17-14(3)23(15-10-7-6-8-11-15)20(25)21-18(17)16-12-9-13-26-16/h6-13,18H,4-5H2,1-3H3,(H,21,25)/t18-/m0/s1. The molecule has 2 heterocycles. The lowest BCUT2D eigenvalue weighted by molar-refractivity contribution is -0.127. The first-order valence-corrected chi connectivity index (χ1v) is 10.1. The number of likely N-dealkylation sites (N-methyl/N-ethyl adjacent to an activating group) is 1. The molecule has 1 aromatic heterocycles. The maximum absolute atomic E-state index is 13.3. The maximum Gasteiger partial charge on any atom is 0.254 e. The normalized spacial score (nSPS) is 17.3. The average molecular weight is 386 g/mol. The number of benzene rings is 1. The van der Waals surface area contributed by atoms with Gasteiger partial charge < -0.3 is 10.2 Å². The van der Waals surface area contributed by atoms with Crippen LogP contribution >= 0.6 is 23.6 Å². The van der Waals surface area contributed by atoms with E-state index in [9.17, 15) is 4.79 Å². The second-order valence-corrected chi connectivity index (χ2v) is 7.41. The minimum Gasteiger partial charge on any atom is -0.350 e. The summed E-state index contributed by atoms with van der Waals surface area (Å²) >= 11 is 7.29. The van der Waals surface area contributed by atoms with E-state index in [0.29, 0.717) is 18.2 Å². The van der Waals surface area contributed by atoms with Crippen molar-refractivity contribution in [3.05, 3.63) is 64.0 Å². The van der Waals surface area contributed by atoms with Gasteiger partial charge in [-0.25, -0.2) is 0 Å². The van der Waals surface area contributed by atoms with Crippen LogP contribution in [0, 0.1) is 0 Å². The molecule has 0 bridgehead atoms. The van der Waals surface area contributed by atoms with Crippen LogP contribution < -0.4 is 10.2 Å². The fraction of sp³-hybridized carbons (Fsp3) is 0.300. The molecule has 4 nitrogen and oxygen atoms in total. The van der Waals surface area contributed by atoms with E-state index in [2.05, 4.69) is 5.32 Å². The van der Waals surface area contributed by atoms with Gasteiger partial charge in [0, 0.05) is 29.4 Å². The molecule has 1 atom stereocenters. The topological polar surface area (TPSA) is 35.6 Å². The molecule has 136 valence electrons. The van der Waals surface area contributed by atoms with Crippen molar-refractivity contribution in [2.24, 2.45) is 0 Å². The van der Waals surface area contributed by atoms with Crippen molar-refractivity contribution in [3.63, 3.8) is 0 Å². The van der Waals surface area contributed by atoms with Gasteiger partial charge in [0.25, 0.3) is 5.91 Å². The Kier molecular flexibility index (Phi) is 5.74. The number of carbonyl (C=O) groups is 1. The molecule has 0 saturated carbocycles. The van der Waals surface area contributed by atoms with E-state index in [1.807, 2.05) is 78.4 Å². The molecule has 1 aromatic carbocycles. The van der Waals surface area contributed by atoms with Gasteiger partial charge in [0.1, 0.15) is 0 Å². The zero-order chi connectivity index (χ0) is 18.7. The summed E-state index contributed by atoms with van der Waals surface area (Å²) in [4.78, 5) is 18.2. The number of hydrogen-bond acceptors (Lipinski definition) is 3. The van der Waals surface area contributed by atoms with Crippen LogP contribution in [0.3, 0.4) is 0 Å². The molecule has 0 saturated heterocycles. The monoisotopic (exact) mass is 385 g/mol. The van der Waals surface area contributed by atoms with E-state index < -0.39 is 0 Å². The molecule has 2 aromatic rings. The predicted molar refractivity (Wildman–Crippen MR) is 112 cm³/mol. The van der Waals surface area contributed by atoms with E-state index in [-0.39, 0.29) is 11.9 Å². The van der Waals surface area contributed by atoms with Crippen molar-refractivity contribution in [1.29, 1.82) is 0 Å². The van der Waals surface area contributed by atoms with Crippen LogP contribution in [0.15, 0.2) is 59.1 Å². The third kappa shape index (κ3) is 3.39. The predicted octanol–water partition coefficient (Wildman–Crippen LogP) is 4.33. The largest absolute Gasteiger partial charge is 0.350 e. The third-order valence-electron chi connectivity index (χ3n) is 4.61. The SMILES string of the molecule is CCN(CC)C(=O)C1=C(C)N(c2ccccc2)C(=S)N[C@H]1c1cccs1. The Labute approximate surface area is 164 Å². The van der Waals surface area contributed by atoms with Crippen LogP contribution in [-0.4, -0.2) is 29.0 Å². The summed E-state index contributed by atoms with van der Waals surface area (Å²) < 4.78 is 0. The number of nitrogens with zero attached hydrogens (tertiary/aromatic N) is 2. The Balaban J connectivity index is 2.13. The summed E-state index contributed by atoms with van der Waals surface area (Å²) in [7, 11) is 0. The molecule has 0 spiro atoms. The number of allylic oxidation sites excluding steroid dienone is 1. The van der Waals surface area contributed by atoms with Gasteiger partial charge in [-0.15, -0.1) is 11.3 Å². The zero-order valence-corrected chi connectivity index (χ0v) is 16.9. The number of rotatable bonds is 5. The Morgan fingerprint density at radius 2 is 1.88 bits per heavy atom. The van der Waals surface area contributed by atoms with Crippen LogP contribution in [0.4, 0.5) is 5.69 Å². The van der Waals surface area contributed by atoms with Crippen molar-refractivity contribution in [2.45, 2.75) is 26.8 Å². The number of thiophene rings is 1. The van der Waals surface area contributed by atoms with Crippen LogP contribution in [-0.2, 0) is 4.79 Å². The summed E-state index contributed by atoms with van der Waals surface area (Å²) in [6.45, 7) is 7.36. The van der Waals surface area contributed by atoms with E-state index in [4.69, 9.17) is 12.2 Å². The molecule has 26 heavy (non-hydrogen) atoms. The number of thiocarbonyl (C=S) groups is 1. The summed E-state index contributed by atoms with van der Waals surface area (Å²) in [5.74, 6) is 0.0573. The molecule has 1 aliphatic rings. The molecular weight excluding hydrogens is 362 g/mol. The lowest BCUT2D eigenvalue weighted by Gasteiger charge is -2.38. The Morgan fingerprint density at radius 1 is 1.19 bits per heavy atom. The molecule has 1 aliphatic heterocycles.